The number of piperidine rings is 2. The third-order valence-corrected chi connectivity index (χ3v) is 10.4. The third kappa shape index (κ3) is 9.56. The number of carbonyl (C=O) groups is 4. The van der Waals surface area contributed by atoms with Gasteiger partial charge in [-0.25, -0.2) is 19.2 Å². The van der Waals surface area contributed by atoms with Gasteiger partial charge in [0.25, 0.3) is 0 Å². The highest BCUT2D eigenvalue weighted by Crippen LogP contribution is 2.43. The average Bonchev–Trinajstić information content (AvgIpc) is 3.79. The van der Waals surface area contributed by atoms with Gasteiger partial charge in [0.2, 0.25) is 11.2 Å². The van der Waals surface area contributed by atoms with Crippen LogP contribution in [-0.2, 0) is 36.2 Å². The number of thiophene rings is 2. The second kappa shape index (κ2) is 17.6. The summed E-state index contributed by atoms with van der Waals surface area (Å²) in [5.74, 6) is -2.45. The number of carboxylic acid groups (broad SMARTS) is 1. The molecule has 20 heteroatoms. The number of hydrogen-bond acceptors (Lipinski definition) is 11. The van der Waals surface area contributed by atoms with Crippen molar-refractivity contribution < 1.29 is 74.3 Å². The number of nitrogens with zero attached hydrogens (tertiary/aromatic N) is 2. The summed E-state index contributed by atoms with van der Waals surface area (Å²) in [6.45, 7) is 7.77. The second-order valence-electron chi connectivity index (χ2n) is 11.7. The van der Waals surface area contributed by atoms with E-state index in [1.165, 1.54) is 41.6 Å². The highest BCUT2D eigenvalue weighted by Gasteiger charge is 2.56. The Morgan fingerprint density at radius 2 is 1.17 bits per heavy atom. The Morgan fingerprint density at radius 3 is 1.51 bits per heavy atom. The van der Waals surface area contributed by atoms with Crippen molar-refractivity contribution in [3.63, 3.8) is 0 Å². The predicted octanol–water partition coefficient (Wildman–Crippen LogP) is 7.64. The normalized spacial score (nSPS) is 23.1. The van der Waals surface area contributed by atoms with Gasteiger partial charge in [-0.2, -0.15) is 26.3 Å². The van der Waals surface area contributed by atoms with E-state index >= 15 is 0 Å². The summed E-state index contributed by atoms with van der Waals surface area (Å²) in [5.41, 5.74) is -3.57. The van der Waals surface area contributed by atoms with Gasteiger partial charge in [0, 0.05) is 48.8 Å². The first-order valence-electron chi connectivity index (χ1n) is 15.8. The van der Waals surface area contributed by atoms with Crippen molar-refractivity contribution in [1.29, 1.82) is 0 Å². The van der Waals surface area contributed by atoms with E-state index in [2.05, 4.69) is 13.2 Å². The molecule has 2 aliphatic rings. The molecule has 53 heavy (non-hydrogen) atoms. The van der Waals surface area contributed by atoms with Gasteiger partial charge >= 0.3 is 36.5 Å². The zero-order valence-electron chi connectivity index (χ0n) is 28.8. The van der Waals surface area contributed by atoms with Crippen molar-refractivity contribution in [2.24, 2.45) is 0 Å². The van der Waals surface area contributed by atoms with E-state index in [4.69, 9.17) is 23.7 Å². The minimum atomic E-state index is -4.55. The summed E-state index contributed by atoms with van der Waals surface area (Å²) >= 11 is 0.875. The van der Waals surface area contributed by atoms with E-state index in [1.807, 2.05) is 0 Å². The van der Waals surface area contributed by atoms with Gasteiger partial charge in [0.15, 0.2) is 0 Å². The summed E-state index contributed by atoms with van der Waals surface area (Å²) in [5, 5.41) is 12.1. The molecule has 0 spiro atoms. The molecule has 12 nitrogen and oxygen atoms in total. The van der Waals surface area contributed by atoms with Crippen molar-refractivity contribution >= 4 is 46.8 Å². The first-order chi connectivity index (χ1) is 24.8. The molecule has 4 unspecified atom stereocenters. The molecule has 2 aromatic heterocycles. The summed E-state index contributed by atoms with van der Waals surface area (Å²) in [6, 6.07) is -0.208. The van der Waals surface area contributed by atoms with Gasteiger partial charge in [0.1, 0.15) is 21.3 Å². The van der Waals surface area contributed by atoms with Gasteiger partial charge in [-0.05, 0) is 25.7 Å². The van der Waals surface area contributed by atoms with Crippen LogP contribution in [0.25, 0.3) is 0 Å². The summed E-state index contributed by atoms with van der Waals surface area (Å²) < 4.78 is 103. The minimum absolute atomic E-state index is 0.0333. The van der Waals surface area contributed by atoms with E-state index in [9.17, 15) is 50.6 Å². The lowest BCUT2D eigenvalue weighted by Gasteiger charge is -2.46. The molecular formula is C33H38F6N2O10S2. The van der Waals surface area contributed by atoms with Crippen molar-refractivity contribution in [3.8, 4) is 11.5 Å². The molecular weight excluding hydrogens is 762 g/mol. The molecule has 0 aliphatic carbocycles. The second-order valence-corrected chi connectivity index (χ2v) is 13.5. The number of hydrogen-bond donors (Lipinski definition) is 1. The van der Waals surface area contributed by atoms with Crippen LogP contribution in [0.4, 0.5) is 35.9 Å². The molecule has 2 fully saturated rings. The molecule has 2 aromatic rings. The molecule has 294 valence electrons. The Bertz CT molecular complexity index is 1630. The zero-order valence-corrected chi connectivity index (χ0v) is 30.4. The fourth-order valence-electron chi connectivity index (χ4n) is 6.24. The number of esters is 1. The van der Waals surface area contributed by atoms with E-state index in [0.29, 0.717) is 42.1 Å². The maximum atomic E-state index is 12.9. The molecule has 4 rings (SSSR count). The number of aliphatic carboxylic acids is 1. The lowest BCUT2D eigenvalue weighted by atomic mass is 9.82. The standard InChI is InChI=1S/C17H20F3NO5S.C16H18F3NO5S/c1-4-6-12-16(14(22)24-2,7-5-8-21(12)15(23)25-3)26-11-9-13(27-10-11)17(18,19)20;1-3-5-11-15(13(21)22,6-4-7-20(11)14(23)24-2)25-10-8-12(26-9-10)16(17,18)19/h4,9-10,12H,1,5-8H2,2-3H3;3,8-9,11H,1,4-7H2,2H3,(H,21,22). The summed E-state index contributed by atoms with van der Waals surface area (Å²) in [7, 11) is 3.53. The zero-order chi connectivity index (χ0) is 39.8. The van der Waals surface area contributed by atoms with Crippen LogP contribution in [0.3, 0.4) is 0 Å². The number of rotatable bonds is 10. The molecule has 2 saturated heterocycles. The van der Waals surface area contributed by atoms with Crippen LogP contribution in [0.15, 0.2) is 48.2 Å². The van der Waals surface area contributed by atoms with E-state index < -0.39 is 69.5 Å². The maximum absolute atomic E-state index is 12.9. The fourth-order valence-corrected chi connectivity index (χ4v) is 7.60. The average molecular weight is 801 g/mol. The monoisotopic (exact) mass is 800 g/mol. The lowest BCUT2D eigenvalue weighted by Crippen LogP contribution is -2.65. The van der Waals surface area contributed by atoms with E-state index in [-0.39, 0.29) is 43.7 Å². The molecule has 0 saturated carbocycles. The molecule has 4 heterocycles. The Balaban J connectivity index is 0.000000286. The molecule has 0 aromatic carbocycles. The molecule has 0 radical (unpaired) electrons. The fraction of sp³-hybridized carbons (Fsp3) is 0.515. The maximum Gasteiger partial charge on any atom is 0.425 e. The predicted molar refractivity (Wildman–Crippen MR) is 179 cm³/mol. The number of amides is 2. The molecule has 2 amide bonds. The number of carboxylic acids is 1. The Hall–Kier alpha value is -4.46. The molecule has 1 N–H and O–H groups in total. The number of halogens is 6. The first kappa shape index (κ1) is 42.9. The van der Waals surface area contributed by atoms with Crippen LogP contribution in [0.5, 0.6) is 11.5 Å². The topological polar surface area (TPSA) is 141 Å². The van der Waals surface area contributed by atoms with Gasteiger partial charge < -0.3 is 38.6 Å². The van der Waals surface area contributed by atoms with Gasteiger partial charge in [-0.1, -0.05) is 12.2 Å². The third-order valence-electron chi connectivity index (χ3n) is 8.52. The lowest BCUT2D eigenvalue weighted by molar-refractivity contribution is -0.170. The van der Waals surface area contributed by atoms with E-state index in [0.717, 1.165) is 24.6 Å². The number of likely N-dealkylation sites (tertiary alicyclic amines) is 2. The van der Waals surface area contributed by atoms with Gasteiger partial charge in [-0.3, -0.25) is 0 Å². The van der Waals surface area contributed by atoms with Crippen LogP contribution in [0.2, 0.25) is 0 Å². The summed E-state index contributed by atoms with van der Waals surface area (Å²) in [6.07, 6.45) is -6.40. The van der Waals surface area contributed by atoms with Gasteiger partial charge in [-0.15, -0.1) is 35.8 Å². The van der Waals surface area contributed by atoms with E-state index in [1.54, 1.807) is 0 Å². The Morgan fingerprint density at radius 1 is 0.774 bits per heavy atom. The van der Waals surface area contributed by atoms with Crippen LogP contribution >= 0.6 is 22.7 Å². The highest BCUT2D eigenvalue weighted by atomic mass is 32.1. The Kier molecular flexibility index (Phi) is 14.2. The highest BCUT2D eigenvalue weighted by molar-refractivity contribution is 7.10. The van der Waals surface area contributed by atoms with Crippen molar-refractivity contribution in [3.05, 3.63) is 58.0 Å². The molecule has 0 bridgehead atoms. The van der Waals surface area contributed by atoms with Crippen molar-refractivity contribution in [2.45, 2.75) is 74.2 Å². The number of alkyl halides is 6. The number of carbonyl (C=O) groups excluding carboxylic acids is 3. The Labute approximate surface area is 308 Å². The molecule has 4 atom stereocenters. The quantitative estimate of drug-likeness (QED) is 0.110. The van der Waals surface area contributed by atoms with Crippen LogP contribution in [0, 0.1) is 0 Å². The first-order valence-corrected chi connectivity index (χ1v) is 17.5. The van der Waals surface area contributed by atoms with Crippen LogP contribution < -0.4 is 9.47 Å². The van der Waals surface area contributed by atoms with Crippen molar-refractivity contribution in [2.75, 3.05) is 34.4 Å². The van der Waals surface area contributed by atoms with Crippen LogP contribution in [0.1, 0.15) is 48.3 Å². The van der Waals surface area contributed by atoms with Crippen LogP contribution in [-0.4, -0.2) is 96.7 Å². The number of ether oxygens (including phenoxy) is 5. The SMILES string of the molecule is C=CCC1N(C(=O)OC)CCCC1(Oc1csc(C(F)(F)F)c1)C(=O)O.C=CCC1N(C(=O)OC)CCCC1(Oc1csc(C(F)(F)F)c1)C(=O)OC. The molecule has 2 aliphatic heterocycles. The van der Waals surface area contributed by atoms with Gasteiger partial charge in [0.05, 0.1) is 33.4 Å². The minimum Gasteiger partial charge on any atom is -0.478 e. The smallest absolute Gasteiger partial charge is 0.425 e. The largest absolute Gasteiger partial charge is 0.478 e. The number of methoxy groups -OCH3 is 3. The summed E-state index contributed by atoms with van der Waals surface area (Å²) in [4.78, 5) is 49.7. The van der Waals surface area contributed by atoms with Crippen molar-refractivity contribution in [1.82, 2.24) is 9.80 Å².